The van der Waals surface area contributed by atoms with Crippen molar-refractivity contribution >= 4 is 15.9 Å². The summed E-state index contributed by atoms with van der Waals surface area (Å²) in [6, 6.07) is 0. The van der Waals surface area contributed by atoms with Gasteiger partial charge in [-0.15, -0.1) is 0 Å². The fourth-order valence-electron chi connectivity index (χ4n) is 2.42. The molecule has 0 unspecified atom stereocenters. The molecule has 0 aromatic carbocycles. The van der Waals surface area contributed by atoms with Gasteiger partial charge in [-0.2, -0.15) is 0 Å². The van der Waals surface area contributed by atoms with Crippen molar-refractivity contribution in [1.29, 1.82) is 0 Å². The zero-order chi connectivity index (χ0) is 11.6. The highest BCUT2D eigenvalue weighted by Gasteiger charge is 2.15. The summed E-state index contributed by atoms with van der Waals surface area (Å²) < 4.78 is 0. The normalized spacial score (nSPS) is 19.1. The number of likely N-dealkylation sites (tertiary alicyclic amines) is 1. The number of alkyl halides is 1. The molecule has 1 rings (SSSR count). The predicted octanol–water partition coefficient (Wildman–Crippen LogP) is 4.60. The van der Waals surface area contributed by atoms with E-state index in [1.807, 2.05) is 0 Å². The summed E-state index contributed by atoms with van der Waals surface area (Å²) in [4.78, 5) is 3.43. The Labute approximate surface area is 110 Å². The Hall–Kier alpha value is 0.440. The minimum Gasteiger partial charge on any atom is -0.303 e. The molecule has 1 aliphatic heterocycles. The van der Waals surface area contributed by atoms with Crippen LogP contribution >= 0.6 is 15.9 Å². The molecular weight excluding hydrogens is 262 g/mol. The lowest BCUT2D eigenvalue weighted by Crippen LogP contribution is -2.34. The Morgan fingerprint density at radius 2 is 1.50 bits per heavy atom. The van der Waals surface area contributed by atoms with Gasteiger partial charge in [0, 0.05) is 4.83 Å². The Kier molecular flexibility index (Phi) is 8.58. The average Bonchev–Trinajstić information content (AvgIpc) is 2.30. The van der Waals surface area contributed by atoms with E-state index in [4.69, 9.17) is 0 Å². The molecule has 0 aromatic heterocycles. The van der Waals surface area contributed by atoms with Gasteiger partial charge in [0.2, 0.25) is 0 Å². The van der Waals surface area contributed by atoms with E-state index in [0.717, 1.165) is 4.83 Å². The van der Waals surface area contributed by atoms with Gasteiger partial charge in [0.25, 0.3) is 0 Å². The number of halogens is 1. The van der Waals surface area contributed by atoms with E-state index in [-0.39, 0.29) is 0 Å². The summed E-state index contributed by atoms with van der Waals surface area (Å²) in [6.07, 6.45) is 12.7. The maximum Gasteiger partial charge on any atom is 0.0170 e. The molecule has 1 heterocycles. The minimum atomic E-state index is 0.790. The van der Waals surface area contributed by atoms with E-state index in [2.05, 4.69) is 27.8 Å². The van der Waals surface area contributed by atoms with Gasteiger partial charge in [-0.1, -0.05) is 61.4 Å². The summed E-state index contributed by atoms with van der Waals surface area (Å²) in [5.41, 5.74) is 0. The number of hydrogen-bond acceptors (Lipinski definition) is 1. The van der Waals surface area contributed by atoms with Crippen molar-refractivity contribution in [2.75, 3.05) is 19.6 Å². The maximum atomic E-state index is 3.71. The van der Waals surface area contributed by atoms with Crippen molar-refractivity contribution in [3.8, 4) is 0 Å². The van der Waals surface area contributed by atoms with Crippen molar-refractivity contribution < 1.29 is 0 Å². The Morgan fingerprint density at radius 3 is 2.12 bits per heavy atom. The van der Waals surface area contributed by atoms with Crippen LogP contribution in [0.4, 0.5) is 0 Å². The van der Waals surface area contributed by atoms with Gasteiger partial charge < -0.3 is 4.90 Å². The van der Waals surface area contributed by atoms with E-state index in [1.165, 1.54) is 77.4 Å². The molecule has 0 amide bonds. The summed E-state index contributed by atoms with van der Waals surface area (Å²) in [5.74, 6) is 0. The van der Waals surface area contributed by atoms with Gasteiger partial charge in [-0.25, -0.2) is 0 Å². The first-order valence-corrected chi connectivity index (χ1v) is 8.11. The van der Waals surface area contributed by atoms with Crippen LogP contribution in [-0.4, -0.2) is 29.4 Å². The first-order chi connectivity index (χ1) is 7.83. The second-order valence-electron chi connectivity index (χ2n) is 5.14. The fraction of sp³-hybridized carbons (Fsp3) is 1.00. The monoisotopic (exact) mass is 289 g/mol. The van der Waals surface area contributed by atoms with Gasteiger partial charge in [0.05, 0.1) is 0 Å². The zero-order valence-corrected chi connectivity index (χ0v) is 12.5. The number of piperidine rings is 1. The third-order valence-electron chi connectivity index (χ3n) is 3.60. The van der Waals surface area contributed by atoms with Crippen LogP contribution in [0.1, 0.15) is 64.7 Å². The van der Waals surface area contributed by atoms with Crippen LogP contribution in [0.2, 0.25) is 0 Å². The van der Waals surface area contributed by atoms with Crippen LogP contribution < -0.4 is 0 Å². The number of unbranched alkanes of at least 4 members (excludes halogenated alkanes) is 6. The highest BCUT2D eigenvalue weighted by atomic mass is 79.9. The van der Waals surface area contributed by atoms with E-state index in [1.54, 1.807) is 0 Å². The molecule has 1 fully saturated rings. The number of rotatable bonds is 8. The predicted molar refractivity (Wildman–Crippen MR) is 76.4 cm³/mol. The highest BCUT2D eigenvalue weighted by Crippen LogP contribution is 2.17. The van der Waals surface area contributed by atoms with Crippen LogP contribution in [-0.2, 0) is 0 Å². The molecule has 0 aliphatic carbocycles. The third-order valence-corrected chi connectivity index (χ3v) is 4.51. The first-order valence-electron chi connectivity index (χ1n) is 7.19. The lowest BCUT2D eigenvalue weighted by Gasteiger charge is -2.29. The van der Waals surface area contributed by atoms with Crippen LogP contribution in [0.25, 0.3) is 0 Å². The molecule has 1 saturated heterocycles. The fourth-order valence-corrected chi connectivity index (χ4v) is 2.83. The molecule has 2 heteroatoms. The standard InChI is InChI=1S/C14H28BrN/c1-2-3-4-5-6-7-8-11-16-12-9-14(15)10-13-16/h14H,2-13H2,1H3. The second-order valence-corrected chi connectivity index (χ2v) is 6.43. The molecular formula is C14H28BrN. The Morgan fingerprint density at radius 1 is 0.938 bits per heavy atom. The number of nitrogens with zero attached hydrogens (tertiary/aromatic N) is 1. The van der Waals surface area contributed by atoms with Crippen LogP contribution in [0.5, 0.6) is 0 Å². The summed E-state index contributed by atoms with van der Waals surface area (Å²) in [5, 5.41) is 0. The molecule has 0 atom stereocenters. The molecule has 96 valence electrons. The number of hydrogen-bond donors (Lipinski definition) is 0. The Bertz CT molecular complexity index is 153. The van der Waals surface area contributed by atoms with Gasteiger partial charge in [0.1, 0.15) is 0 Å². The van der Waals surface area contributed by atoms with Crippen LogP contribution in [0.15, 0.2) is 0 Å². The Balaban J connectivity index is 1.84. The molecule has 0 aromatic rings. The lowest BCUT2D eigenvalue weighted by atomic mass is 10.1. The van der Waals surface area contributed by atoms with Crippen molar-refractivity contribution in [2.24, 2.45) is 0 Å². The highest BCUT2D eigenvalue weighted by molar-refractivity contribution is 9.09. The first kappa shape index (κ1) is 14.5. The molecule has 1 aliphatic rings. The molecule has 0 saturated carbocycles. The molecule has 16 heavy (non-hydrogen) atoms. The van der Waals surface area contributed by atoms with E-state index in [0.29, 0.717) is 0 Å². The summed E-state index contributed by atoms with van der Waals surface area (Å²) in [6.45, 7) is 6.25. The third kappa shape index (κ3) is 6.90. The summed E-state index contributed by atoms with van der Waals surface area (Å²) in [7, 11) is 0. The van der Waals surface area contributed by atoms with Crippen LogP contribution in [0.3, 0.4) is 0 Å². The SMILES string of the molecule is CCCCCCCCCN1CCC(Br)CC1. The van der Waals surface area contributed by atoms with Gasteiger partial charge in [-0.3, -0.25) is 0 Å². The van der Waals surface area contributed by atoms with Gasteiger partial charge >= 0.3 is 0 Å². The maximum absolute atomic E-state index is 3.71. The van der Waals surface area contributed by atoms with Crippen LogP contribution in [0, 0.1) is 0 Å². The largest absolute Gasteiger partial charge is 0.303 e. The molecule has 0 N–H and O–H groups in total. The minimum absolute atomic E-state index is 0.790. The van der Waals surface area contributed by atoms with E-state index in [9.17, 15) is 0 Å². The quantitative estimate of drug-likeness (QED) is 0.466. The molecule has 0 radical (unpaired) electrons. The van der Waals surface area contributed by atoms with E-state index < -0.39 is 0 Å². The van der Waals surface area contributed by atoms with Gasteiger partial charge in [-0.05, 0) is 38.9 Å². The molecule has 0 bridgehead atoms. The van der Waals surface area contributed by atoms with Crippen molar-refractivity contribution in [2.45, 2.75) is 69.5 Å². The van der Waals surface area contributed by atoms with E-state index >= 15 is 0 Å². The molecule has 0 spiro atoms. The lowest BCUT2D eigenvalue weighted by molar-refractivity contribution is 0.229. The van der Waals surface area contributed by atoms with Crippen molar-refractivity contribution in [3.63, 3.8) is 0 Å². The zero-order valence-electron chi connectivity index (χ0n) is 10.9. The van der Waals surface area contributed by atoms with Crippen molar-refractivity contribution in [3.05, 3.63) is 0 Å². The smallest absolute Gasteiger partial charge is 0.0170 e. The summed E-state index contributed by atoms with van der Waals surface area (Å²) >= 11 is 3.71. The van der Waals surface area contributed by atoms with Gasteiger partial charge in [0.15, 0.2) is 0 Å². The molecule has 1 nitrogen and oxygen atoms in total. The topological polar surface area (TPSA) is 3.24 Å². The average molecular weight is 290 g/mol. The van der Waals surface area contributed by atoms with Crippen molar-refractivity contribution in [1.82, 2.24) is 4.90 Å². The second kappa shape index (κ2) is 9.47.